The molecule has 0 aliphatic carbocycles. The third-order valence-electron chi connectivity index (χ3n) is 3.58. The van der Waals surface area contributed by atoms with Gasteiger partial charge >= 0.3 is 6.18 Å². The second-order valence-electron chi connectivity index (χ2n) is 4.81. The van der Waals surface area contributed by atoms with Gasteiger partial charge in [0, 0.05) is 11.6 Å². The molecule has 1 fully saturated rings. The topological polar surface area (TPSA) is 38.0 Å². The molecular weight excluding hydrogens is 260 g/mol. The fourth-order valence-electron chi connectivity index (χ4n) is 2.56. The van der Waals surface area contributed by atoms with Crippen molar-refractivity contribution in [1.29, 1.82) is 0 Å². The lowest BCUT2D eigenvalue weighted by Gasteiger charge is -2.30. The van der Waals surface area contributed by atoms with Gasteiger partial charge in [0.1, 0.15) is 5.82 Å². The molecule has 0 amide bonds. The summed E-state index contributed by atoms with van der Waals surface area (Å²) in [6.07, 6.45) is -3.26. The second-order valence-corrected chi connectivity index (χ2v) is 4.81. The lowest BCUT2D eigenvalue weighted by Crippen LogP contribution is -2.35. The van der Waals surface area contributed by atoms with E-state index in [4.69, 9.17) is 5.73 Å². The molecule has 6 heteroatoms. The van der Waals surface area contributed by atoms with E-state index in [-0.39, 0.29) is 5.92 Å². The van der Waals surface area contributed by atoms with Crippen LogP contribution in [0.2, 0.25) is 0 Å². The van der Waals surface area contributed by atoms with Crippen molar-refractivity contribution in [3.63, 3.8) is 0 Å². The predicted molar refractivity (Wildman–Crippen MR) is 63.9 cm³/mol. The molecule has 0 aromatic heterocycles. The predicted octanol–water partition coefficient (Wildman–Crippen LogP) is 2.84. The summed E-state index contributed by atoms with van der Waals surface area (Å²) < 4.78 is 52.6. The smallest absolute Gasteiger partial charge is 0.324 e. The Morgan fingerprint density at radius 1 is 1.21 bits per heavy atom. The minimum absolute atomic E-state index is 0.126. The van der Waals surface area contributed by atoms with Crippen LogP contribution in [0.4, 0.5) is 17.6 Å². The molecule has 1 heterocycles. The van der Waals surface area contributed by atoms with Crippen LogP contribution in [-0.4, -0.2) is 13.1 Å². The number of nitrogens with one attached hydrogen (secondary N) is 1. The number of hydrogen-bond donors (Lipinski definition) is 2. The number of rotatable bonds is 2. The first-order valence-electron chi connectivity index (χ1n) is 6.23. The van der Waals surface area contributed by atoms with Crippen molar-refractivity contribution in [3.8, 4) is 0 Å². The quantitative estimate of drug-likeness (QED) is 0.815. The minimum atomic E-state index is -4.58. The first-order chi connectivity index (χ1) is 8.91. The Morgan fingerprint density at radius 2 is 1.84 bits per heavy atom. The first kappa shape index (κ1) is 14.3. The van der Waals surface area contributed by atoms with E-state index in [0.29, 0.717) is 25.9 Å². The molecule has 0 saturated carbocycles. The molecule has 106 valence electrons. The van der Waals surface area contributed by atoms with Crippen LogP contribution in [0.3, 0.4) is 0 Å². The van der Waals surface area contributed by atoms with Crippen LogP contribution >= 0.6 is 0 Å². The Morgan fingerprint density at radius 3 is 2.42 bits per heavy atom. The molecule has 0 bridgehead atoms. The third-order valence-corrected chi connectivity index (χ3v) is 3.58. The molecule has 0 radical (unpaired) electrons. The number of benzene rings is 1. The van der Waals surface area contributed by atoms with Crippen LogP contribution in [-0.2, 0) is 6.18 Å². The summed E-state index contributed by atoms with van der Waals surface area (Å²) in [5.41, 5.74) is 4.54. The van der Waals surface area contributed by atoms with Gasteiger partial charge in [-0.15, -0.1) is 0 Å². The average Bonchev–Trinajstić information content (AvgIpc) is 2.37. The highest BCUT2D eigenvalue weighted by Gasteiger charge is 2.37. The van der Waals surface area contributed by atoms with Gasteiger partial charge in [0.25, 0.3) is 0 Å². The van der Waals surface area contributed by atoms with Crippen molar-refractivity contribution in [2.45, 2.75) is 25.1 Å². The van der Waals surface area contributed by atoms with Gasteiger partial charge in [-0.1, -0.05) is 6.07 Å². The highest BCUT2D eigenvalue weighted by atomic mass is 19.4. The maximum atomic E-state index is 13.8. The Hall–Kier alpha value is -1.14. The molecule has 2 rings (SSSR count). The highest BCUT2D eigenvalue weighted by Crippen LogP contribution is 2.38. The summed E-state index contributed by atoms with van der Waals surface area (Å²) in [5.74, 6) is -1.000. The van der Waals surface area contributed by atoms with E-state index in [9.17, 15) is 17.6 Å². The molecule has 1 aliphatic heterocycles. The fraction of sp³-hybridized carbons (Fsp3) is 0.538. The molecule has 19 heavy (non-hydrogen) atoms. The number of hydrogen-bond acceptors (Lipinski definition) is 2. The molecule has 1 saturated heterocycles. The zero-order valence-corrected chi connectivity index (χ0v) is 10.3. The van der Waals surface area contributed by atoms with Crippen LogP contribution in [0.1, 0.15) is 30.0 Å². The lowest BCUT2D eigenvalue weighted by molar-refractivity contribution is -0.138. The zero-order valence-electron chi connectivity index (χ0n) is 10.3. The van der Waals surface area contributed by atoms with Gasteiger partial charge in [-0.3, -0.25) is 0 Å². The van der Waals surface area contributed by atoms with Crippen LogP contribution in [0, 0.1) is 11.7 Å². The molecule has 2 nitrogen and oxygen atoms in total. The number of alkyl halides is 3. The number of nitrogens with two attached hydrogens (primary N) is 1. The van der Waals surface area contributed by atoms with Crippen LogP contribution < -0.4 is 11.1 Å². The molecule has 3 N–H and O–H groups in total. The molecule has 0 spiro atoms. The zero-order chi connectivity index (χ0) is 14.0. The van der Waals surface area contributed by atoms with E-state index >= 15 is 0 Å². The van der Waals surface area contributed by atoms with Crippen molar-refractivity contribution in [3.05, 3.63) is 35.1 Å². The van der Waals surface area contributed by atoms with Crippen molar-refractivity contribution in [2.24, 2.45) is 11.7 Å². The summed E-state index contributed by atoms with van der Waals surface area (Å²) in [4.78, 5) is 0. The van der Waals surface area contributed by atoms with Gasteiger partial charge in [0.05, 0.1) is 5.56 Å². The highest BCUT2D eigenvalue weighted by molar-refractivity contribution is 5.34. The van der Waals surface area contributed by atoms with Gasteiger partial charge in [-0.2, -0.15) is 13.2 Å². The van der Waals surface area contributed by atoms with Crippen molar-refractivity contribution in [1.82, 2.24) is 5.32 Å². The number of piperidine rings is 1. The summed E-state index contributed by atoms with van der Waals surface area (Å²) in [6, 6.07) is 2.07. The molecule has 0 unspecified atom stereocenters. The Bertz CT molecular complexity index is 439. The van der Waals surface area contributed by atoms with Crippen LogP contribution in [0.5, 0.6) is 0 Å². The average molecular weight is 276 g/mol. The summed E-state index contributed by atoms with van der Waals surface area (Å²) in [6.45, 7) is 1.41. The molecule has 1 aromatic rings. The SMILES string of the molecule is N[C@@H](c1c(F)cccc1C(F)(F)F)C1CCNCC1. The maximum absolute atomic E-state index is 13.8. The lowest BCUT2D eigenvalue weighted by atomic mass is 9.84. The van der Waals surface area contributed by atoms with E-state index in [1.807, 2.05) is 0 Å². The second kappa shape index (κ2) is 5.46. The van der Waals surface area contributed by atoms with Crippen LogP contribution in [0.25, 0.3) is 0 Å². The molecule has 1 aliphatic rings. The van der Waals surface area contributed by atoms with E-state index < -0.39 is 29.2 Å². The standard InChI is InChI=1S/C13H16F4N2/c14-10-3-1-2-9(13(15,16)17)11(10)12(18)8-4-6-19-7-5-8/h1-3,8,12,19H,4-7,18H2/t12-/m1/s1. The molecular formula is C13H16F4N2. The normalized spacial score (nSPS) is 19.4. The Labute approximate surface area is 109 Å². The molecule has 1 atom stereocenters. The van der Waals surface area contributed by atoms with Gasteiger partial charge in [0.15, 0.2) is 0 Å². The van der Waals surface area contributed by atoms with Crippen LogP contribution in [0.15, 0.2) is 18.2 Å². The maximum Gasteiger partial charge on any atom is 0.416 e. The minimum Gasteiger partial charge on any atom is -0.324 e. The Balaban J connectivity index is 2.37. The van der Waals surface area contributed by atoms with E-state index in [1.54, 1.807) is 0 Å². The van der Waals surface area contributed by atoms with E-state index in [0.717, 1.165) is 18.2 Å². The van der Waals surface area contributed by atoms with Gasteiger partial charge in [0.2, 0.25) is 0 Å². The summed E-state index contributed by atoms with van der Waals surface area (Å²) in [5, 5.41) is 3.11. The largest absolute Gasteiger partial charge is 0.416 e. The van der Waals surface area contributed by atoms with Crippen molar-refractivity contribution >= 4 is 0 Å². The third kappa shape index (κ3) is 3.06. The van der Waals surface area contributed by atoms with Gasteiger partial charge < -0.3 is 11.1 Å². The monoisotopic (exact) mass is 276 g/mol. The number of halogens is 4. The summed E-state index contributed by atoms with van der Waals surface area (Å²) in [7, 11) is 0. The van der Waals surface area contributed by atoms with E-state index in [1.165, 1.54) is 0 Å². The molecule has 1 aromatic carbocycles. The Kier molecular flexibility index (Phi) is 4.10. The van der Waals surface area contributed by atoms with E-state index in [2.05, 4.69) is 5.32 Å². The van der Waals surface area contributed by atoms with Crippen molar-refractivity contribution < 1.29 is 17.6 Å². The van der Waals surface area contributed by atoms with Gasteiger partial charge in [-0.05, 0) is 44.0 Å². The summed E-state index contributed by atoms with van der Waals surface area (Å²) >= 11 is 0. The van der Waals surface area contributed by atoms with Gasteiger partial charge in [-0.25, -0.2) is 4.39 Å². The first-order valence-corrected chi connectivity index (χ1v) is 6.23. The van der Waals surface area contributed by atoms with Crippen molar-refractivity contribution in [2.75, 3.05) is 13.1 Å². The fourth-order valence-corrected chi connectivity index (χ4v) is 2.56.